The van der Waals surface area contributed by atoms with E-state index in [9.17, 15) is 5.11 Å². The normalized spacial score (nSPS) is 16.6. The van der Waals surface area contributed by atoms with Crippen LogP contribution < -0.4 is 9.47 Å². The van der Waals surface area contributed by atoms with Crippen molar-refractivity contribution in [2.45, 2.75) is 6.54 Å². The summed E-state index contributed by atoms with van der Waals surface area (Å²) in [4.78, 5) is 2.30. The molecule has 0 aliphatic carbocycles. The Labute approximate surface area is 107 Å². The number of methoxy groups -OCH3 is 2. The predicted molar refractivity (Wildman–Crippen MR) is 67.3 cm³/mol. The number of benzene rings is 1. The predicted octanol–water partition coefficient (Wildman–Crippen LogP) is 1.24. The van der Waals surface area contributed by atoms with Crippen LogP contribution in [0.2, 0.25) is 0 Å². The summed E-state index contributed by atoms with van der Waals surface area (Å²) < 4.78 is 15.6. The third-order valence-electron chi connectivity index (χ3n) is 3.05. The number of morpholine rings is 1. The van der Waals surface area contributed by atoms with Gasteiger partial charge in [-0.1, -0.05) is 0 Å². The van der Waals surface area contributed by atoms with Crippen molar-refractivity contribution in [1.82, 2.24) is 4.90 Å². The molecular weight excluding hydrogens is 234 g/mol. The molecule has 100 valence electrons. The van der Waals surface area contributed by atoms with Crippen molar-refractivity contribution in [3.8, 4) is 17.2 Å². The third-order valence-corrected chi connectivity index (χ3v) is 3.05. The smallest absolute Gasteiger partial charge is 0.200 e. The second-order valence-electron chi connectivity index (χ2n) is 4.24. The number of ether oxygens (including phenoxy) is 3. The number of nitrogens with zero attached hydrogens (tertiary/aromatic N) is 1. The SMILES string of the molecule is COc1cc(CN2CCOCC2)cc(OC)c1O. The van der Waals surface area contributed by atoms with Gasteiger partial charge in [0.1, 0.15) is 0 Å². The molecule has 1 fully saturated rings. The van der Waals surface area contributed by atoms with Gasteiger partial charge in [0.25, 0.3) is 0 Å². The highest BCUT2D eigenvalue weighted by Gasteiger charge is 2.15. The molecule has 18 heavy (non-hydrogen) atoms. The van der Waals surface area contributed by atoms with Crippen molar-refractivity contribution in [2.75, 3.05) is 40.5 Å². The average Bonchev–Trinajstić information content (AvgIpc) is 2.41. The summed E-state index contributed by atoms with van der Waals surface area (Å²) in [5.41, 5.74) is 1.06. The van der Waals surface area contributed by atoms with Gasteiger partial charge in [-0.2, -0.15) is 0 Å². The molecule has 0 atom stereocenters. The van der Waals surface area contributed by atoms with E-state index >= 15 is 0 Å². The molecule has 1 aromatic carbocycles. The molecule has 1 N–H and O–H groups in total. The summed E-state index contributed by atoms with van der Waals surface area (Å²) in [6.07, 6.45) is 0. The van der Waals surface area contributed by atoms with E-state index in [4.69, 9.17) is 14.2 Å². The molecule has 5 nitrogen and oxygen atoms in total. The molecule has 0 radical (unpaired) electrons. The summed E-state index contributed by atoms with van der Waals surface area (Å²) in [6.45, 7) is 4.19. The fourth-order valence-electron chi connectivity index (χ4n) is 2.06. The summed E-state index contributed by atoms with van der Waals surface area (Å²) in [5.74, 6) is 0.931. The summed E-state index contributed by atoms with van der Waals surface area (Å²) in [6, 6.07) is 3.68. The molecule has 0 unspecified atom stereocenters. The molecule has 1 aromatic rings. The van der Waals surface area contributed by atoms with Crippen LogP contribution >= 0.6 is 0 Å². The molecule has 0 bridgehead atoms. The maximum absolute atomic E-state index is 9.84. The second kappa shape index (κ2) is 5.93. The zero-order chi connectivity index (χ0) is 13.0. The highest BCUT2D eigenvalue weighted by atomic mass is 16.5. The first kappa shape index (κ1) is 13.0. The maximum Gasteiger partial charge on any atom is 0.200 e. The lowest BCUT2D eigenvalue weighted by atomic mass is 10.1. The van der Waals surface area contributed by atoms with E-state index in [1.165, 1.54) is 14.2 Å². The van der Waals surface area contributed by atoms with Gasteiger partial charge in [-0.3, -0.25) is 4.90 Å². The molecule has 0 spiro atoms. The lowest BCUT2D eigenvalue weighted by molar-refractivity contribution is 0.0341. The first-order valence-electron chi connectivity index (χ1n) is 5.98. The van der Waals surface area contributed by atoms with E-state index in [-0.39, 0.29) is 5.75 Å². The van der Waals surface area contributed by atoms with E-state index in [2.05, 4.69) is 4.90 Å². The van der Waals surface area contributed by atoms with Crippen molar-refractivity contribution in [1.29, 1.82) is 0 Å². The highest BCUT2D eigenvalue weighted by Crippen LogP contribution is 2.37. The van der Waals surface area contributed by atoms with Gasteiger partial charge in [-0.25, -0.2) is 0 Å². The topological polar surface area (TPSA) is 51.2 Å². The Morgan fingerprint density at radius 3 is 2.22 bits per heavy atom. The lowest BCUT2D eigenvalue weighted by Crippen LogP contribution is -2.35. The van der Waals surface area contributed by atoms with Crippen LogP contribution in [0.15, 0.2) is 12.1 Å². The number of hydrogen-bond acceptors (Lipinski definition) is 5. The van der Waals surface area contributed by atoms with E-state index in [0.29, 0.717) is 11.5 Å². The number of aromatic hydroxyl groups is 1. The molecule has 1 aliphatic heterocycles. The zero-order valence-electron chi connectivity index (χ0n) is 10.8. The van der Waals surface area contributed by atoms with Crippen LogP contribution in [-0.2, 0) is 11.3 Å². The molecule has 0 aromatic heterocycles. The first-order valence-corrected chi connectivity index (χ1v) is 5.98. The van der Waals surface area contributed by atoms with Crippen molar-refractivity contribution in [3.05, 3.63) is 17.7 Å². The van der Waals surface area contributed by atoms with Crippen molar-refractivity contribution < 1.29 is 19.3 Å². The van der Waals surface area contributed by atoms with Gasteiger partial charge in [-0.15, -0.1) is 0 Å². The molecule has 5 heteroatoms. The van der Waals surface area contributed by atoms with E-state index in [1.54, 1.807) is 0 Å². The van der Waals surface area contributed by atoms with Gasteiger partial charge in [0, 0.05) is 19.6 Å². The standard InChI is InChI=1S/C13H19NO4/c1-16-11-7-10(8-12(17-2)13(11)15)9-14-3-5-18-6-4-14/h7-8,15H,3-6,9H2,1-2H3. The monoisotopic (exact) mass is 253 g/mol. The zero-order valence-corrected chi connectivity index (χ0v) is 10.8. The number of phenolic OH excluding ortho intramolecular Hbond substituents is 1. The Kier molecular flexibility index (Phi) is 4.28. The highest BCUT2D eigenvalue weighted by molar-refractivity contribution is 5.52. The Bertz CT molecular complexity index is 377. The van der Waals surface area contributed by atoms with E-state index in [1.807, 2.05) is 12.1 Å². The molecule has 0 saturated carbocycles. The van der Waals surface area contributed by atoms with Crippen LogP contribution in [0.3, 0.4) is 0 Å². The van der Waals surface area contributed by atoms with Gasteiger partial charge in [0.15, 0.2) is 11.5 Å². The van der Waals surface area contributed by atoms with Crippen LogP contribution in [-0.4, -0.2) is 50.5 Å². The van der Waals surface area contributed by atoms with Crippen LogP contribution in [0.4, 0.5) is 0 Å². The molecule has 2 rings (SSSR count). The Hall–Kier alpha value is -1.46. The first-order chi connectivity index (χ1) is 8.74. The maximum atomic E-state index is 9.84. The van der Waals surface area contributed by atoms with Gasteiger partial charge < -0.3 is 19.3 Å². The van der Waals surface area contributed by atoms with Gasteiger partial charge in [0.2, 0.25) is 5.75 Å². The summed E-state index contributed by atoms with van der Waals surface area (Å²) >= 11 is 0. The quantitative estimate of drug-likeness (QED) is 0.875. The van der Waals surface area contributed by atoms with Crippen molar-refractivity contribution in [2.24, 2.45) is 0 Å². The fourth-order valence-corrected chi connectivity index (χ4v) is 2.06. The summed E-state index contributed by atoms with van der Waals surface area (Å²) in [5, 5.41) is 9.84. The molecule has 1 saturated heterocycles. The second-order valence-corrected chi connectivity index (χ2v) is 4.24. The minimum Gasteiger partial charge on any atom is -0.502 e. The molecule has 0 amide bonds. The van der Waals surface area contributed by atoms with Crippen molar-refractivity contribution >= 4 is 0 Å². The molecule has 1 aliphatic rings. The number of phenols is 1. The molecular formula is C13H19NO4. The lowest BCUT2D eigenvalue weighted by Gasteiger charge is -2.26. The minimum absolute atomic E-state index is 0.0470. The Morgan fingerprint density at radius 1 is 1.17 bits per heavy atom. The third kappa shape index (κ3) is 2.86. The van der Waals surface area contributed by atoms with E-state index in [0.717, 1.165) is 38.4 Å². The Morgan fingerprint density at radius 2 is 1.72 bits per heavy atom. The van der Waals surface area contributed by atoms with Gasteiger partial charge >= 0.3 is 0 Å². The minimum atomic E-state index is 0.0470. The molecule has 1 heterocycles. The largest absolute Gasteiger partial charge is 0.502 e. The Balaban J connectivity index is 2.16. The van der Waals surface area contributed by atoms with Crippen molar-refractivity contribution in [3.63, 3.8) is 0 Å². The van der Waals surface area contributed by atoms with Crippen LogP contribution in [0, 0.1) is 0 Å². The van der Waals surface area contributed by atoms with E-state index < -0.39 is 0 Å². The van der Waals surface area contributed by atoms with Gasteiger partial charge in [0.05, 0.1) is 27.4 Å². The average molecular weight is 253 g/mol. The number of hydrogen-bond donors (Lipinski definition) is 1. The van der Waals surface area contributed by atoms with Crippen LogP contribution in [0.25, 0.3) is 0 Å². The summed E-state index contributed by atoms with van der Waals surface area (Å²) in [7, 11) is 3.07. The van der Waals surface area contributed by atoms with Crippen LogP contribution in [0.1, 0.15) is 5.56 Å². The number of rotatable bonds is 4. The fraction of sp³-hybridized carbons (Fsp3) is 0.538. The van der Waals surface area contributed by atoms with Gasteiger partial charge in [-0.05, 0) is 17.7 Å². The van der Waals surface area contributed by atoms with Crippen LogP contribution in [0.5, 0.6) is 17.2 Å².